The number of fused-ring (bicyclic) bond motifs is 5. The molecule has 3 saturated carbocycles. The predicted octanol–water partition coefficient (Wildman–Crippen LogP) is 1.79. The van der Waals surface area contributed by atoms with E-state index in [-0.39, 0.29) is 28.7 Å². The number of piperidine rings is 1. The van der Waals surface area contributed by atoms with Gasteiger partial charge in [0.1, 0.15) is 11.7 Å². The highest BCUT2D eigenvalue weighted by Gasteiger charge is 2.62. The van der Waals surface area contributed by atoms with Gasteiger partial charge in [0.15, 0.2) is 0 Å². The molecular weight excluding hydrogens is 304 g/mol. The molecule has 0 radical (unpaired) electrons. The van der Waals surface area contributed by atoms with Gasteiger partial charge >= 0.3 is 0 Å². The van der Waals surface area contributed by atoms with E-state index in [4.69, 9.17) is 5.73 Å². The van der Waals surface area contributed by atoms with Crippen molar-refractivity contribution in [2.24, 2.45) is 40.2 Å². The van der Waals surface area contributed by atoms with Crippen LogP contribution in [0.15, 0.2) is 0 Å². The maximum Gasteiger partial charge on any atom is 0.232 e. The van der Waals surface area contributed by atoms with E-state index in [1.165, 1.54) is 12.8 Å². The van der Waals surface area contributed by atoms with Crippen molar-refractivity contribution < 1.29 is 14.4 Å². The summed E-state index contributed by atoms with van der Waals surface area (Å²) in [4.78, 5) is 37.1. The molecule has 0 bridgehead atoms. The van der Waals surface area contributed by atoms with E-state index in [9.17, 15) is 14.4 Å². The summed E-state index contributed by atoms with van der Waals surface area (Å²) in [6.07, 6.45) is 6.61. The topological polar surface area (TPSA) is 89.3 Å². The van der Waals surface area contributed by atoms with Crippen LogP contribution in [0.5, 0.6) is 0 Å². The third kappa shape index (κ3) is 2.02. The van der Waals surface area contributed by atoms with Gasteiger partial charge in [-0.05, 0) is 54.8 Å². The molecule has 24 heavy (non-hydrogen) atoms. The summed E-state index contributed by atoms with van der Waals surface area (Å²) >= 11 is 0. The largest absolute Gasteiger partial charge is 0.369 e. The second kappa shape index (κ2) is 5.06. The Morgan fingerprint density at radius 1 is 1.21 bits per heavy atom. The van der Waals surface area contributed by atoms with Crippen molar-refractivity contribution in [1.29, 1.82) is 0 Å². The molecule has 1 saturated heterocycles. The van der Waals surface area contributed by atoms with Crippen LogP contribution in [0, 0.1) is 34.5 Å². The molecule has 4 rings (SSSR count). The fourth-order valence-corrected chi connectivity index (χ4v) is 6.86. The smallest absolute Gasteiger partial charge is 0.232 e. The molecule has 1 heterocycles. The van der Waals surface area contributed by atoms with Crippen molar-refractivity contribution in [2.45, 2.75) is 64.8 Å². The number of carbonyl (C=O) groups is 3. The SMILES string of the molecule is C[C@@]12CCC[C@H]1[C@@H]1CC[C@H]3NC(=O)C(C(N)=O)C[C@]3(C)[C@H]1C(=O)C2. The molecule has 0 spiro atoms. The van der Waals surface area contributed by atoms with Gasteiger partial charge in [0.2, 0.25) is 11.8 Å². The first-order valence-electron chi connectivity index (χ1n) is 9.39. The van der Waals surface area contributed by atoms with E-state index in [2.05, 4.69) is 19.2 Å². The molecule has 7 atom stereocenters. The van der Waals surface area contributed by atoms with Gasteiger partial charge in [0.05, 0.1) is 0 Å². The first kappa shape index (κ1) is 16.1. The fraction of sp³-hybridized carbons (Fsp3) is 0.842. The van der Waals surface area contributed by atoms with Crippen LogP contribution in [0.3, 0.4) is 0 Å². The molecule has 0 aromatic heterocycles. The second-order valence-electron chi connectivity index (χ2n) is 9.24. The Bertz CT molecular complexity index is 618. The maximum absolute atomic E-state index is 13.2. The first-order chi connectivity index (χ1) is 11.3. The zero-order valence-electron chi connectivity index (χ0n) is 14.6. The highest BCUT2D eigenvalue weighted by molar-refractivity contribution is 6.00. The van der Waals surface area contributed by atoms with Crippen LogP contribution in [-0.2, 0) is 14.4 Å². The summed E-state index contributed by atoms with van der Waals surface area (Å²) in [6, 6.07) is -0.00319. The summed E-state index contributed by atoms with van der Waals surface area (Å²) in [5.74, 6) is -0.274. The molecule has 4 fully saturated rings. The van der Waals surface area contributed by atoms with Crippen LogP contribution in [0.2, 0.25) is 0 Å². The summed E-state index contributed by atoms with van der Waals surface area (Å²) < 4.78 is 0. The lowest BCUT2D eigenvalue weighted by molar-refractivity contribution is -0.161. The van der Waals surface area contributed by atoms with E-state index < -0.39 is 11.8 Å². The number of ketones is 1. The first-order valence-corrected chi connectivity index (χ1v) is 9.39. The molecule has 2 amide bonds. The molecule has 0 aromatic carbocycles. The van der Waals surface area contributed by atoms with Crippen molar-refractivity contribution in [3.8, 4) is 0 Å². The van der Waals surface area contributed by atoms with Gasteiger partial charge in [-0.25, -0.2) is 0 Å². The highest BCUT2D eigenvalue weighted by Crippen LogP contribution is 2.63. The average molecular weight is 332 g/mol. The van der Waals surface area contributed by atoms with Crippen LogP contribution in [0.25, 0.3) is 0 Å². The number of hydrogen-bond donors (Lipinski definition) is 2. The molecule has 3 aliphatic carbocycles. The second-order valence-corrected chi connectivity index (χ2v) is 9.24. The number of rotatable bonds is 1. The lowest BCUT2D eigenvalue weighted by Crippen LogP contribution is -2.66. The Labute approximate surface area is 143 Å². The number of Topliss-reactive ketones (excluding diaryl/α,β-unsaturated/α-hetero) is 1. The number of carbonyl (C=O) groups excluding carboxylic acids is 3. The Morgan fingerprint density at radius 3 is 2.67 bits per heavy atom. The van der Waals surface area contributed by atoms with Gasteiger partial charge in [0.25, 0.3) is 0 Å². The standard InChI is InChI=1S/C19H28N2O3/c1-18-7-3-4-12(18)10-5-6-14-19(2,15(10)13(22)9-18)8-11(16(20)23)17(24)21-14/h10-12,14-15H,3-9H2,1-2H3,(H2,20,23)(H,21,24)/t10-,11?,12-,14+,15+,18-,19-/m0/s1. The number of nitrogens with two attached hydrogens (primary N) is 1. The van der Waals surface area contributed by atoms with Crippen molar-refractivity contribution in [2.75, 3.05) is 0 Å². The van der Waals surface area contributed by atoms with Crippen molar-refractivity contribution >= 4 is 17.6 Å². The quantitative estimate of drug-likeness (QED) is 0.717. The number of hydrogen-bond acceptors (Lipinski definition) is 3. The molecule has 0 aromatic rings. The number of nitrogens with one attached hydrogen (secondary N) is 1. The summed E-state index contributed by atoms with van der Waals surface area (Å²) in [5, 5.41) is 3.02. The minimum absolute atomic E-state index is 0.00319. The van der Waals surface area contributed by atoms with Gasteiger partial charge in [-0.1, -0.05) is 20.3 Å². The minimum Gasteiger partial charge on any atom is -0.369 e. The lowest BCUT2D eigenvalue weighted by atomic mass is 9.46. The summed E-state index contributed by atoms with van der Waals surface area (Å²) in [6.45, 7) is 4.40. The number of primary amides is 1. The Hall–Kier alpha value is -1.39. The van der Waals surface area contributed by atoms with E-state index >= 15 is 0 Å². The molecule has 3 N–H and O–H groups in total. The van der Waals surface area contributed by atoms with Crippen molar-refractivity contribution in [3.63, 3.8) is 0 Å². The van der Waals surface area contributed by atoms with E-state index in [0.717, 1.165) is 19.3 Å². The molecular formula is C19H28N2O3. The normalized spacial score (nSPS) is 50.5. The Kier molecular flexibility index (Phi) is 3.39. The maximum atomic E-state index is 13.2. The molecule has 4 aliphatic rings. The Morgan fingerprint density at radius 2 is 1.96 bits per heavy atom. The monoisotopic (exact) mass is 332 g/mol. The van der Waals surface area contributed by atoms with Gasteiger partial charge in [-0.15, -0.1) is 0 Å². The number of amides is 2. The average Bonchev–Trinajstić information content (AvgIpc) is 2.87. The summed E-state index contributed by atoms with van der Waals surface area (Å²) in [7, 11) is 0. The van der Waals surface area contributed by atoms with Crippen LogP contribution >= 0.6 is 0 Å². The third-order valence-electron chi connectivity index (χ3n) is 7.94. The van der Waals surface area contributed by atoms with Crippen LogP contribution in [0.1, 0.15) is 58.8 Å². The molecule has 1 unspecified atom stereocenters. The highest BCUT2D eigenvalue weighted by atomic mass is 16.2. The Balaban J connectivity index is 1.71. The zero-order valence-corrected chi connectivity index (χ0v) is 14.6. The van der Waals surface area contributed by atoms with Gasteiger partial charge in [-0.3, -0.25) is 14.4 Å². The van der Waals surface area contributed by atoms with Crippen LogP contribution in [-0.4, -0.2) is 23.6 Å². The van der Waals surface area contributed by atoms with E-state index in [1.54, 1.807) is 0 Å². The van der Waals surface area contributed by atoms with Crippen LogP contribution in [0.4, 0.5) is 0 Å². The van der Waals surface area contributed by atoms with E-state index in [0.29, 0.717) is 30.5 Å². The minimum atomic E-state index is -0.797. The van der Waals surface area contributed by atoms with Crippen molar-refractivity contribution in [3.05, 3.63) is 0 Å². The van der Waals surface area contributed by atoms with Crippen molar-refractivity contribution in [1.82, 2.24) is 5.32 Å². The van der Waals surface area contributed by atoms with E-state index in [1.807, 2.05) is 0 Å². The third-order valence-corrected chi connectivity index (χ3v) is 7.94. The molecule has 132 valence electrons. The molecule has 5 nitrogen and oxygen atoms in total. The predicted molar refractivity (Wildman–Crippen MR) is 88.6 cm³/mol. The fourth-order valence-electron chi connectivity index (χ4n) is 6.86. The molecule has 1 aliphatic heterocycles. The van der Waals surface area contributed by atoms with Crippen LogP contribution < -0.4 is 11.1 Å². The van der Waals surface area contributed by atoms with Gasteiger partial charge < -0.3 is 11.1 Å². The van der Waals surface area contributed by atoms with Gasteiger partial charge in [0, 0.05) is 18.4 Å². The summed E-state index contributed by atoms with van der Waals surface area (Å²) in [5.41, 5.74) is 5.30. The lowest BCUT2D eigenvalue weighted by Gasteiger charge is -2.59. The molecule has 5 heteroatoms. The zero-order chi connectivity index (χ0) is 17.3. The van der Waals surface area contributed by atoms with Gasteiger partial charge in [-0.2, -0.15) is 0 Å².